The van der Waals surface area contributed by atoms with Gasteiger partial charge in [-0.15, -0.1) is 0 Å². The van der Waals surface area contributed by atoms with Crippen LogP contribution in [0.25, 0.3) is 0 Å². The molecular formula is C7H13NO. The summed E-state index contributed by atoms with van der Waals surface area (Å²) in [5.41, 5.74) is 5.66. The molecule has 0 amide bonds. The summed E-state index contributed by atoms with van der Waals surface area (Å²) in [7, 11) is 0. The molecule has 0 radical (unpaired) electrons. The highest BCUT2D eigenvalue weighted by Crippen LogP contribution is 2.20. The molecule has 2 N–H and O–H groups in total. The van der Waals surface area contributed by atoms with Crippen molar-refractivity contribution in [1.82, 2.24) is 0 Å². The normalized spacial score (nSPS) is 36.1. The second-order valence-corrected chi connectivity index (χ2v) is 2.75. The van der Waals surface area contributed by atoms with Gasteiger partial charge in [-0.2, -0.15) is 0 Å². The minimum atomic E-state index is 0.149. The molecule has 0 heterocycles. The van der Waals surface area contributed by atoms with Crippen LogP contribution >= 0.6 is 0 Å². The van der Waals surface area contributed by atoms with Crippen LogP contribution in [0, 0.1) is 5.92 Å². The lowest BCUT2D eigenvalue weighted by Gasteiger charge is -2.23. The maximum atomic E-state index is 10.3. The van der Waals surface area contributed by atoms with Gasteiger partial charge < -0.3 is 10.5 Å². The average molecular weight is 127 g/mol. The number of carbonyl (C=O) groups excluding carboxylic acids is 1. The predicted octanol–water partition coefficient (Wildman–Crippen LogP) is 0.703. The molecule has 1 aliphatic rings. The fourth-order valence-electron chi connectivity index (χ4n) is 1.36. The molecule has 2 heteroatoms. The van der Waals surface area contributed by atoms with Crippen LogP contribution in [0.1, 0.15) is 25.7 Å². The van der Waals surface area contributed by atoms with Crippen molar-refractivity contribution in [2.24, 2.45) is 11.7 Å². The van der Waals surface area contributed by atoms with Gasteiger partial charge in [0, 0.05) is 12.0 Å². The molecule has 0 aromatic carbocycles. The van der Waals surface area contributed by atoms with E-state index in [1.807, 2.05) is 0 Å². The third-order valence-electron chi connectivity index (χ3n) is 2.05. The lowest BCUT2D eigenvalue weighted by molar-refractivity contribution is -0.112. The van der Waals surface area contributed by atoms with Crippen LogP contribution in [0.5, 0.6) is 0 Å². The lowest BCUT2D eigenvalue weighted by Crippen LogP contribution is -2.33. The van der Waals surface area contributed by atoms with Gasteiger partial charge >= 0.3 is 0 Å². The Labute approximate surface area is 55.4 Å². The van der Waals surface area contributed by atoms with Gasteiger partial charge in [0.2, 0.25) is 0 Å². The molecule has 9 heavy (non-hydrogen) atoms. The van der Waals surface area contributed by atoms with Crippen molar-refractivity contribution in [2.75, 3.05) is 0 Å². The second-order valence-electron chi connectivity index (χ2n) is 2.75. The molecule has 2 unspecified atom stereocenters. The third kappa shape index (κ3) is 1.52. The van der Waals surface area contributed by atoms with Gasteiger partial charge in [-0.25, -0.2) is 0 Å². The number of aldehydes is 1. The number of carbonyl (C=O) groups is 1. The largest absolute Gasteiger partial charge is 0.327 e. The summed E-state index contributed by atoms with van der Waals surface area (Å²) in [5, 5.41) is 0. The van der Waals surface area contributed by atoms with E-state index in [4.69, 9.17) is 5.73 Å². The summed E-state index contributed by atoms with van der Waals surface area (Å²) < 4.78 is 0. The van der Waals surface area contributed by atoms with E-state index >= 15 is 0 Å². The van der Waals surface area contributed by atoms with Gasteiger partial charge in [0.1, 0.15) is 6.29 Å². The molecule has 0 aromatic heterocycles. The van der Waals surface area contributed by atoms with Crippen LogP contribution < -0.4 is 5.73 Å². The number of nitrogens with two attached hydrogens (primary N) is 1. The topological polar surface area (TPSA) is 43.1 Å². The molecule has 0 aromatic rings. The van der Waals surface area contributed by atoms with Crippen LogP contribution in [-0.4, -0.2) is 12.3 Å². The monoisotopic (exact) mass is 127 g/mol. The fraction of sp³-hybridized carbons (Fsp3) is 0.857. The highest BCUT2D eigenvalue weighted by atomic mass is 16.1. The lowest BCUT2D eigenvalue weighted by atomic mass is 9.86. The molecule has 1 rings (SSSR count). The van der Waals surface area contributed by atoms with Crippen molar-refractivity contribution >= 4 is 6.29 Å². The fourth-order valence-corrected chi connectivity index (χ4v) is 1.36. The average Bonchev–Trinajstić information content (AvgIpc) is 1.89. The van der Waals surface area contributed by atoms with Crippen LogP contribution in [0.15, 0.2) is 0 Å². The Kier molecular flexibility index (Phi) is 2.22. The van der Waals surface area contributed by atoms with Crippen LogP contribution in [-0.2, 0) is 4.79 Å². The standard InChI is InChI=1S/C7H13NO/c8-7-4-2-1-3-6(7)5-9/h5-7H,1-4,8H2. The summed E-state index contributed by atoms with van der Waals surface area (Å²) in [6, 6.07) is 0.149. The van der Waals surface area contributed by atoms with Gasteiger partial charge in [-0.3, -0.25) is 0 Å². The smallest absolute Gasteiger partial charge is 0.124 e. The molecule has 0 aliphatic heterocycles. The van der Waals surface area contributed by atoms with Crippen LogP contribution in [0.3, 0.4) is 0 Å². The maximum absolute atomic E-state index is 10.3. The van der Waals surface area contributed by atoms with E-state index in [2.05, 4.69) is 0 Å². The molecule has 1 fully saturated rings. The first-order valence-electron chi connectivity index (χ1n) is 3.55. The van der Waals surface area contributed by atoms with Crippen molar-refractivity contribution in [2.45, 2.75) is 31.7 Å². The molecule has 52 valence electrons. The Balaban J connectivity index is 2.38. The van der Waals surface area contributed by atoms with E-state index in [1.165, 1.54) is 12.8 Å². The molecule has 2 atom stereocenters. The number of rotatable bonds is 1. The Morgan fingerprint density at radius 2 is 2.00 bits per heavy atom. The number of hydrogen-bond donors (Lipinski definition) is 1. The Bertz CT molecular complexity index is 103. The zero-order valence-corrected chi connectivity index (χ0v) is 5.55. The molecule has 1 saturated carbocycles. The van der Waals surface area contributed by atoms with Crippen LogP contribution in [0.4, 0.5) is 0 Å². The van der Waals surface area contributed by atoms with Crippen molar-refractivity contribution in [1.29, 1.82) is 0 Å². The van der Waals surface area contributed by atoms with E-state index in [0.29, 0.717) is 0 Å². The van der Waals surface area contributed by atoms with E-state index in [1.54, 1.807) is 0 Å². The van der Waals surface area contributed by atoms with Gasteiger partial charge in [-0.05, 0) is 12.8 Å². The van der Waals surface area contributed by atoms with E-state index < -0.39 is 0 Å². The minimum absolute atomic E-state index is 0.149. The quantitative estimate of drug-likeness (QED) is 0.527. The summed E-state index contributed by atoms with van der Waals surface area (Å²) in [6.45, 7) is 0. The van der Waals surface area contributed by atoms with Gasteiger partial charge in [0.05, 0.1) is 0 Å². The highest BCUT2D eigenvalue weighted by molar-refractivity contribution is 5.54. The molecule has 0 spiro atoms. The van der Waals surface area contributed by atoms with Crippen molar-refractivity contribution < 1.29 is 4.79 Å². The highest BCUT2D eigenvalue weighted by Gasteiger charge is 2.20. The van der Waals surface area contributed by atoms with Gasteiger partial charge in [0.25, 0.3) is 0 Å². The third-order valence-corrected chi connectivity index (χ3v) is 2.05. The van der Waals surface area contributed by atoms with Crippen LogP contribution in [0.2, 0.25) is 0 Å². The van der Waals surface area contributed by atoms with E-state index in [9.17, 15) is 4.79 Å². The minimum Gasteiger partial charge on any atom is -0.327 e. The molecular weight excluding hydrogens is 114 g/mol. The Morgan fingerprint density at radius 1 is 1.33 bits per heavy atom. The van der Waals surface area contributed by atoms with Crippen molar-refractivity contribution in [3.05, 3.63) is 0 Å². The molecule has 0 bridgehead atoms. The Hall–Kier alpha value is -0.370. The first-order valence-corrected chi connectivity index (χ1v) is 3.55. The molecule has 1 aliphatic carbocycles. The Morgan fingerprint density at radius 3 is 2.44 bits per heavy atom. The van der Waals surface area contributed by atoms with Crippen molar-refractivity contribution in [3.8, 4) is 0 Å². The number of hydrogen-bond acceptors (Lipinski definition) is 2. The zero-order valence-electron chi connectivity index (χ0n) is 5.55. The summed E-state index contributed by atoms with van der Waals surface area (Å²) in [6.07, 6.45) is 5.42. The predicted molar refractivity (Wildman–Crippen MR) is 36.0 cm³/mol. The van der Waals surface area contributed by atoms with Crippen molar-refractivity contribution in [3.63, 3.8) is 0 Å². The summed E-state index contributed by atoms with van der Waals surface area (Å²) in [5.74, 6) is 0.152. The van der Waals surface area contributed by atoms with E-state index in [0.717, 1.165) is 19.1 Å². The van der Waals surface area contributed by atoms with Gasteiger partial charge in [0.15, 0.2) is 0 Å². The maximum Gasteiger partial charge on any atom is 0.124 e. The summed E-state index contributed by atoms with van der Waals surface area (Å²) >= 11 is 0. The van der Waals surface area contributed by atoms with E-state index in [-0.39, 0.29) is 12.0 Å². The second kappa shape index (κ2) is 2.97. The molecule has 2 nitrogen and oxygen atoms in total. The summed E-state index contributed by atoms with van der Waals surface area (Å²) in [4.78, 5) is 10.3. The first kappa shape index (κ1) is 6.75. The SMILES string of the molecule is NC1CCCCC1C=O. The first-order chi connectivity index (χ1) is 4.34. The zero-order chi connectivity index (χ0) is 6.69. The van der Waals surface area contributed by atoms with Gasteiger partial charge in [-0.1, -0.05) is 12.8 Å². The molecule has 0 saturated heterocycles.